The van der Waals surface area contributed by atoms with Gasteiger partial charge in [-0.3, -0.25) is 10.1 Å². The second-order valence-electron chi connectivity index (χ2n) is 6.79. The summed E-state index contributed by atoms with van der Waals surface area (Å²) in [4.78, 5) is 17.1. The van der Waals surface area contributed by atoms with Gasteiger partial charge in [-0.25, -0.2) is 4.98 Å². The Bertz CT molecular complexity index is 1200. The second kappa shape index (κ2) is 8.11. The van der Waals surface area contributed by atoms with Crippen LogP contribution in [0, 0.1) is 13.8 Å². The third-order valence-corrected chi connectivity index (χ3v) is 5.82. The predicted octanol–water partition coefficient (Wildman–Crippen LogP) is 5.71. The fraction of sp³-hybridized carbons (Fsp3) is 0.0870. The van der Waals surface area contributed by atoms with E-state index in [4.69, 9.17) is 17.2 Å². The molecular weight excluding hydrogens is 398 g/mol. The maximum absolute atomic E-state index is 12.4. The van der Waals surface area contributed by atoms with Crippen molar-refractivity contribution in [2.24, 2.45) is 0 Å². The Labute approximate surface area is 178 Å². The smallest absolute Gasteiger partial charge is 0.257 e. The van der Waals surface area contributed by atoms with Gasteiger partial charge in [0.05, 0.1) is 10.2 Å². The molecule has 0 aliphatic heterocycles. The number of nitrogens with one attached hydrogen (secondary N) is 2. The minimum atomic E-state index is -0.230. The van der Waals surface area contributed by atoms with Crippen LogP contribution in [-0.2, 0) is 0 Å². The molecule has 0 bridgehead atoms. The van der Waals surface area contributed by atoms with Crippen molar-refractivity contribution in [2.45, 2.75) is 13.8 Å². The Hall–Kier alpha value is -3.09. The van der Waals surface area contributed by atoms with Crippen molar-refractivity contribution in [1.29, 1.82) is 0 Å². The molecule has 1 amide bonds. The summed E-state index contributed by atoms with van der Waals surface area (Å²) in [5.41, 5.74) is 5.47. The third-order valence-electron chi connectivity index (χ3n) is 4.53. The molecule has 29 heavy (non-hydrogen) atoms. The average Bonchev–Trinajstić information content (AvgIpc) is 3.14. The number of nitrogens with zero attached hydrogens (tertiary/aromatic N) is 1. The van der Waals surface area contributed by atoms with E-state index in [-0.39, 0.29) is 11.0 Å². The minimum absolute atomic E-state index is 0.230. The lowest BCUT2D eigenvalue weighted by Gasteiger charge is -2.13. The van der Waals surface area contributed by atoms with Gasteiger partial charge in [0.1, 0.15) is 5.01 Å². The van der Waals surface area contributed by atoms with Crippen molar-refractivity contribution < 1.29 is 4.79 Å². The number of hydrogen-bond donors (Lipinski definition) is 2. The number of rotatable bonds is 3. The number of thiocarbonyl (C=S) groups is 1. The third kappa shape index (κ3) is 4.34. The Balaban J connectivity index is 1.53. The summed E-state index contributed by atoms with van der Waals surface area (Å²) in [7, 11) is 0. The molecule has 4 rings (SSSR count). The zero-order valence-electron chi connectivity index (χ0n) is 16.0. The highest BCUT2D eigenvalue weighted by Crippen LogP contribution is 2.32. The van der Waals surface area contributed by atoms with Crippen LogP contribution < -0.4 is 10.6 Å². The molecule has 0 fully saturated rings. The van der Waals surface area contributed by atoms with Crippen LogP contribution in [0.2, 0.25) is 0 Å². The van der Waals surface area contributed by atoms with Crippen LogP contribution in [0.3, 0.4) is 0 Å². The van der Waals surface area contributed by atoms with Crippen molar-refractivity contribution in [1.82, 2.24) is 10.3 Å². The van der Waals surface area contributed by atoms with E-state index in [1.165, 1.54) is 0 Å². The molecule has 0 aliphatic rings. The molecule has 3 aromatic carbocycles. The topological polar surface area (TPSA) is 54.0 Å². The second-order valence-corrected chi connectivity index (χ2v) is 8.23. The quantitative estimate of drug-likeness (QED) is 0.420. The number of benzene rings is 3. The summed E-state index contributed by atoms with van der Waals surface area (Å²) in [6.07, 6.45) is 0. The van der Waals surface area contributed by atoms with E-state index in [0.717, 1.165) is 37.6 Å². The van der Waals surface area contributed by atoms with Gasteiger partial charge in [0.25, 0.3) is 5.91 Å². The van der Waals surface area contributed by atoms with Crippen molar-refractivity contribution in [3.8, 4) is 10.6 Å². The van der Waals surface area contributed by atoms with E-state index in [1.807, 2.05) is 68.4 Å². The minimum Gasteiger partial charge on any atom is -0.332 e. The van der Waals surface area contributed by atoms with Crippen LogP contribution in [0.15, 0.2) is 66.7 Å². The summed E-state index contributed by atoms with van der Waals surface area (Å²) in [5, 5.41) is 7.11. The number of aromatic nitrogens is 1. The van der Waals surface area contributed by atoms with Crippen LogP contribution in [-0.4, -0.2) is 16.0 Å². The molecule has 4 aromatic rings. The first-order valence-electron chi connectivity index (χ1n) is 9.15. The number of hydrogen-bond acceptors (Lipinski definition) is 4. The number of carbonyl (C=O) groups excluding carboxylic acids is 1. The molecule has 144 valence electrons. The zero-order chi connectivity index (χ0) is 20.4. The first-order valence-corrected chi connectivity index (χ1v) is 10.4. The van der Waals surface area contributed by atoms with Gasteiger partial charge in [0.15, 0.2) is 5.11 Å². The molecule has 0 spiro atoms. The highest BCUT2D eigenvalue weighted by molar-refractivity contribution is 7.80. The van der Waals surface area contributed by atoms with E-state index in [9.17, 15) is 4.79 Å². The standard InChI is InChI=1S/C23H19N3OS2/c1-14-6-5-7-16(12-14)21(27)26-23(28)25-19-13-17(11-10-15(19)2)22-24-18-8-3-4-9-20(18)29-22/h3-13H,1-2H3,(H2,25,26,27,28). The summed E-state index contributed by atoms with van der Waals surface area (Å²) >= 11 is 7.01. The molecular formula is C23H19N3OS2. The molecule has 4 nitrogen and oxygen atoms in total. The maximum Gasteiger partial charge on any atom is 0.257 e. The monoisotopic (exact) mass is 417 g/mol. The van der Waals surface area contributed by atoms with Gasteiger partial charge in [0, 0.05) is 16.8 Å². The van der Waals surface area contributed by atoms with Crippen LogP contribution in [0.4, 0.5) is 5.69 Å². The predicted molar refractivity (Wildman–Crippen MR) is 125 cm³/mol. The zero-order valence-corrected chi connectivity index (χ0v) is 17.7. The number of aryl methyl sites for hydroxylation is 2. The maximum atomic E-state index is 12.4. The Morgan fingerprint density at radius 1 is 1.00 bits per heavy atom. The molecule has 1 aromatic heterocycles. The largest absolute Gasteiger partial charge is 0.332 e. The van der Waals surface area contributed by atoms with Gasteiger partial charge in [0.2, 0.25) is 0 Å². The lowest BCUT2D eigenvalue weighted by atomic mass is 10.1. The Morgan fingerprint density at radius 2 is 1.83 bits per heavy atom. The lowest BCUT2D eigenvalue weighted by molar-refractivity contribution is 0.0977. The number of para-hydroxylation sites is 1. The van der Waals surface area contributed by atoms with Gasteiger partial charge in [-0.05, 0) is 62.0 Å². The van der Waals surface area contributed by atoms with Crippen LogP contribution >= 0.6 is 23.6 Å². The van der Waals surface area contributed by atoms with Crippen molar-refractivity contribution in [2.75, 3.05) is 5.32 Å². The normalized spacial score (nSPS) is 10.7. The first kappa shape index (κ1) is 19.2. The summed E-state index contributed by atoms with van der Waals surface area (Å²) < 4.78 is 1.15. The molecule has 0 atom stereocenters. The van der Waals surface area contributed by atoms with E-state index in [0.29, 0.717) is 5.56 Å². The molecule has 0 saturated heterocycles. The van der Waals surface area contributed by atoms with Gasteiger partial charge < -0.3 is 5.32 Å². The summed E-state index contributed by atoms with van der Waals surface area (Å²) in [6.45, 7) is 3.94. The Kier molecular flexibility index (Phi) is 5.38. The highest BCUT2D eigenvalue weighted by Gasteiger charge is 2.11. The van der Waals surface area contributed by atoms with Gasteiger partial charge in [-0.2, -0.15) is 0 Å². The average molecular weight is 418 g/mol. The van der Waals surface area contributed by atoms with Gasteiger partial charge in [-0.15, -0.1) is 11.3 Å². The van der Waals surface area contributed by atoms with Crippen molar-refractivity contribution in [3.05, 3.63) is 83.4 Å². The molecule has 0 saturated carbocycles. The summed E-state index contributed by atoms with van der Waals surface area (Å²) in [5.74, 6) is -0.230. The lowest BCUT2D eigenvalue weighted by Crippen LogP contribution is -2.34. The fourth-order valence-electron chi connectivity index (χ4n) is 3.00. The van der Waals surface area contributed by atoms with Crippen LogP contribution in [0.25, 0.3) is 20.8 Å². The number of carbonyl (C=O) groups is 1. The molecule has 0 aliphatic carbocycles. The van der Waals surface area contributed by atoms with Crippen LogP contribution in [0.5, 0.6) is 0 Å². The molecule has 0 radical (unpaired) electrons. The Morgan fingerprint density at radius 3 is 2.62 bits per heavy atom. The first-order chi connectivity index (χ1) is 14.0. The van der Waals surface area contributed by atoms with Gasteiger partial charge >= 0.3 is 0 Å². The summed E-state index contributed by atoms with van der Waals surface area (Å²) in [6, 6.07) is 21.6. The number of fused-ring (bicyclic) bond motifs is 1. The fourth-order valence-corrected chi connectivity index (χ4v) is 4.17. The molecule has 2 N–H and O–H groups in total. The van der Waals surface area contributed by atoms with Crippen molar-refractivity contribution in [3.63, 3.8) is 0 Å². The van der Waals surface area contributed by atoms with Gasteiger partial charge in [-0.1, -0.05) is 42.0 Å². The SMILES string of the molecule is Cc1cccc(C(=O)NC(=S)Nc2cc(-c3nc4ccccc4s3)ccc2C)c1. The molecule has 0 unspecified atom stereocenters. The number of amides is 1. The van der Waals surface area contributed by atoms with E-state index in [1.54, 1.807) is 17.4 Å². The highest BCUT2D eigenvalue weighted by atomic mass is 32.1. The number of anilines is 1. The number of thiazole rings is 1. The van der Waals surface area contributed by atoms with E-state index in [2.05, 4.69) is 16.7 Å². The van der Waals surface area contributed by atoms with Crippen LogP contribution in [0.1, 0.15) is 21.5 Å². The molecule has 1 heterocycles. The molecule has 6 heteroatoms. The van der Waals surface area contributed by atoms with Crippen molar-refractivity contribution >= 4 is 50.5 Å². The van der Waals surface area contributed by atoms with E-state index >= 15 is 0 Å². The van der Waals surface area contributed by atoms with E-state index < -0.39 is 0 Å².